The number of hydrogen-bond acceptors (Lipinski definition) is 6. The van der Waals surface area contributed by atoms with Gasteiger partial charge in [0.15, 0.2) is 0 Å². The first kappa shape index (κ1) is 17.7. The van der Waals surface area contributed by atoms with E-state index >= 15 is 0 Å². The first-order chi connectivity index (χ1) is 12.4. The second-order valence-electron chi connectivity index (χ2n) is 5.48. The Morgan fingerprint density at radius 1 is 1.27 bits per heavy atom. The lowest BCUT2D eigenvalue weighted by Crippen LogP contribution is -2.30. The molecule has 1 aromatic carbocycles. The first-order valence-electron chi connectivity index (χ1n) is 7.71. The minimum absolute atomic E-state index is 0.0219. The van der Waals surface area contributed by atoms with E-state index < -0.39 is 17.8 Å². The van der Waals surface area contributed by atoms with E-state index in [-0.39, 0.29) is 23.6 Å². The van der Waals surface area contributed by atoms with E-state index in [9.17, 15) is 18.0 Å². The van der Waals surface area contributed by atoms with Gasteiger partial charge in [0.05, 0.1) is 5.56 Å². The summed E-state index contributed by atoms with van der Waals surface area (Å²) in [6.45, 7) is 0.753. The first-order valence-corrected chi connectivity index (χ1v) is 7.71. The SMILES string of the molecule is O=C1NN=C(c2ccc(NCCCn3cnnc3)c(C(F)(F)F)c2)CO1. The lowest BCUT2D eigenvalue weighted by molar-refractivity contribution is -0.137. The second-order valence-corrected chi connectivity index (χ2v) is 5.48. The number of halogens is 3. The third-order valence-electron chi connectivity index (χ3n) is 3.66. The highest BCUT2D eigenvalue weighted by atomic mass is 19.4. The largest absolute Gasteiger partial charge is 0.442 e. The van der Waals surface area contributed by atoms with Gasteiger partial charge in [-0.25, -0.2) is 10.2 Å². The highest BCUT2D eigenvalue weighted by molar-refractivity contribution is 6.04. The van der Waals surface area contributed by atoms with Crippen LogP contribution in [-0.4, -0.2) is 39.7 Å². The topological polar surface area (TPSA) is 93.4 Å². The summed E-state index contributed by atoms with van der Waals surface area (Å²) in [5.41, 5.74) is 1.69. The van der Waals surface area contributed by atoms with E-state index in [0.29, 0.717) is 19.5 Å². The molecule has 0 radical (unpaired) electrons. The summed E-state index contributed by atoms with van der Waals surface area (Å²) in [6.07, 6.45) is -1.59. The zero-order valence-electron chi connectivity index (χ0n) is 13.5. The van der Waals surface area contributed by atoms with Crippen LogP contribution in [0.4, 0.5) is 23.7 Å². The fourth-order valence-corrected chi connectivity index (χ4v) is 2.39. The molecule has 0 fully saturated rings. The quantitative estimate of drug-likeness (QED) is 0.763. The van der Waals surface area contributed by atoms with Crippen LogP contribution in [0, 0.1) is 0 Å². The Balaban J connectivity index is 1.71. The van der Waals surface area contributed by atoms with Crippen LogP contribution >= 0.6 is 0 Å². The smallest absolute Gasteiger partial charge is 0.428 e. The summed E-state index contributed by atoms with van der Waals surface area (Å²) < 4.78 is 46.6. The third-order valence-corrected chi connectivity index (χ3v) is 3.66. The number of aromatic nitrogens is 3. The van der Waals surface area contributed by atoms with Crippen molar-refractivity contribution in [2.24, 2.45) is 5.10 Å². The van der Waals surface area contributed by atoms with E-state index in [2.05, 4.69) is 26.0 Å². The van der Waals surface area contributed by atoms with Gasteiger partial charge in [0.25, 0.3) is 0 Å². The fraction of sp³-hybridized carbons (Fsp3) is 0.333. The Kier molecular flexibility index (Phi) is 5.05. The zero-order chi connectivity index (χ0) is 18.6. The van der Waals surface area contributed by atoms with Crippen LogP contribution < -0.4 is 10.7 Å². The van der Waals surface area contributed by atoms with Crippen molar-refractivity contribution < 1.29 is 22.7 Å². The maximum atomic E-state index is 13.4. The summed E-state index contributed by atoms with van der Waals surface area (Å²) in [5, 5.41) is 13.9. The summed E-state index contributed by atoms with van der Waals surface area (Å²) in [5.74, 6) is 0. The van der Waals surface area contributed by atoms with Gasteiger partial charge in [0, 0.05) is 24.3 Å². The van der Waals surface area contributed by atoms with Crippen LogP contribution in [-0.2, 0) is 17.5 Å². The summed E-state index contributed by atoms with van der Waals surface area (Å²) in [4.78, 5) is 10.9. The second kappa shape index (κ2) is 7.42. The summed E-state index contributed by atoms with van der Waals surface area (Å²) in [6, 6.07) is 3.83. The van der Waals surface area contributed by atoms with Crippen molar-refractivity contribution in [3.8, 4) is 0 Å². The van der Waals surface area contributed by atoms with Crippen molar-refractivity contribution in [2.45, 2.75) is 19.1 Å². The van der Waals surface area contributed by atoms with Gasteiger partial charge in [0.2, 0.25) is 0 Å². The average molecular weight is 368 g/mol. The van der Waals surface area contributed by atoms with Gasteiger partial charge in [-0.15, -0.1) is 10.2 Å². The third kappa shape index (κ3) is 4.29. The molecule has 0 unspecified atom stereocenters. The lowest BCUT2D eigenvalue weighted by Gasteiger charge is -2.18. The molecule has 11 heteroatoms. The number of rotatable bonds is 6. The van der Waals surface area contributed by atoms with E-state index in [1.807, 2.05) is 0 Å². The number of cyclic esters (lactones) is 1. The van der Waals surface area contributed by atoms with Crippen LogP contribution in [0.25, 0.3) is 0 Å². The van der Waals surface area contributed by atoms with Crippen LogP contribution in [0.15, 0.2) is 36.0 Å². The number of carbonyl (C=O) groups is 1. The molecule has 138 valence electrons. The van der Waals surface area contributed by atoms with Crippen molar-refractivity contribution in [3.63, 3.8) is 0 Å². The standard InChI is InChI=1S/C15H15F3N6O2/c16-15(17,18)11-6-10(13-7-26-14(25)23-22-13)2-3-12(11)19-4-1-5-24-8-20-21-9-24/h2-3,6,8-9,19H,1,4-5,7H2,(H,23,25). The molecule has 2 aromatic rings. The van der Waals surface area contributed by atoms with Gasteiger partial charge >= 0.3 is 12.3 Å². The van der Waals surface area contributed by atoms with E-state index in [0.717, 1.165) is 6.07 Å². The maximum Gasteiger partial charge on any atom is 0.428 e. The number of carbonyl (C=O) groups excluding carboxylic acids is 1. The number of benzene rings is 1. The minimum Gasteiger partial charge on any atom is -0.442 e. The Bertz CT molecular complexity index is 804. The van der Waals surface area contributed by atoms with Crippen LogP contribution in [0.5, 0.6) is 0 Å². The molecule has 0 spiro atoms. The minimum atomic E-state index is -4.54. The van der Waals surface area contributed by atoms with Crippen molar-refractivity contribution >= 4 is 17.5 Å². The number of nitrogens with one attached hydrogen (secondary N) is 2. The number of anilines is 1. The Hall–Kier alpha value is -3.11. The molecule has 0 aliphatic carbocycles. The number of alkyl halides is 3. The average Bonchev–Trinajstić information content (AvgIpc) is 3.12. The summed E-state index contributed by atoms with van der Waals surface area (Å²) >= 11 is 0. The molecule has 1 amide bonds. The van der Waals surface area contributed by atoms with E-state index in [1.54, 1.807) is 17.2 Å². The molecule has 1 aliphatic heterocycles. The molecule has 2 N–H and O–H groups in total. The van der Waals surface area contributed by atoms with Crippen molar-refractivity contribution in [1.29, 1.82) is 0 Å². The molecule has 1 aliphatic rings. The predicted molar refractivity (Wildman–Crippen MR) is 85.6 cm³/mol. The molecule has 0 saturated carbocycles. The number of ether oxygens (including phenoxy) is 1. The van der Waals surface area contributed by atoms with Gasteiger partial charge in [0.1, 0.15) is 25.0 Å². The van der Waals surface area contributed by atoms with Gasteiger partial charge in [-0.2, -0.15) is 18.3 Å². The summed E-state index contributed by atoms with van der Waals surface area (Å²) in [7, 11) is 0. The van der Waals surface area contributed by atoms with Gasteiger partial charge < -0.3 is 14.6 Å². The van der Waals surface area contributed by atoms with Crippen molar-refractivity contribution in [3.05, 3.63) is 42.0 Å². The zero-order valence-corrected chi connectivity index (χ0v) is 13.5. The van der Waals surface area contributed by atoms with Crippen LogP contribution in [0.2, 0.25) is 0 Å². The number of nitrogens with zero attached hydrogens (tertiary/aromatic N) is 4. The number of aryl methyl sites for hydroxylation is 1. The highest BCUT2D eigenvalue weighted by Crippen LogP contribution is 2.35. The molecule has 0 saturated heterocycles. The molecular formula is C15H15F3N6O2. The Morgan fingerprint density at radius 2 is 2.04 bits per heavy atom. The molecule has 3 rings (SSSR count). The number of hydrogen-bond donors (Lipinski definition) is 2. The Labute approximate surface area is 146 Å². The molecule has 26 heavy (non-hydrogen) atoms. The molecule has 0 atom stereocenters. The normalized spacial score (nSPS) is 14.4. The molecule has 8 nitrogen and oxygen atoms in total. The van der Waals surface area contributed by atoms with Gasteiger partial charge in [-0.05, 0) is 18.6 Å². The molecule has 0 bridgehead atoms. The lowest BCUT2D eigenvalue weighted by atomic mass is 10.0. The predicted octanol–water partition coefficient (Wildman–Crippen LogP) is 2.24. The van der Waals surface area contributed by atoms with Crippen molar-refractivity contribution in [1.82, 2.24) is 20.2 Å². The van der Waals surface area contributed by atoms with Crippen molar-refractivity contribution in [2.75, 3.05) is 18.5 Å². The molecule has 1 aromatic heterocycles. The Morgan fingerprint density at radius 3 is 2.69 bits per heavy atom. The highest BCUT2D eigenvalue weighted by Gasteiger charge is 2.34. The van der Waals surface area contributed by atoms with Gasteiger partial charge in [-0.1, -0.05) is 6.07 Å². The van der Waals surface area contributed by atoms with E-state index in [1.165, 1.54) is 12.1 Å². The van der Waals surface area contributed by atoms with Crippen LogP contribution in [0.3, 0.4) is 0 Å². The monoisotopic (exact) mass is 368 g/mol. The number of hydrazone groups is 1. The number of amides is 1. The molecular weight excluding hydrogens is 353 g/mol. The fourth-order valence-electron chi connectivity index (χ4n) is 2.39. The van der Waals surface area contributed by atoms with Crippen LogP contribution in [0.1, 0.15) is 17.5 Å². The molecule has 2 heterocycles. The van der Waals surface area contributed by atoms with E-state index in [4.69, 9.17) is 4.74 Å². The maximum absolute atomic E-state index is 13.4. The van der Waals surface area contributed by atoms with Gasteiger partial charge in [-0.3, -0.25) is 0 Å².